The number of aromatic nitrogens is 1. The van der Waals surface area contributed by atoms with Crippen LogP contribution >= 0.6 is 11.6 Å². The van der Waals surface area contributed by atoms with Crippen molar-refractivity contribution in [2.75, 3.05) is 11.9 Å². The van der Waals surface area contributed by atoms with Crippen LogP contribution in [0.5, 0.6) is 5.75 Å². The van der Waals surface area contributed by atoms with Gasteiger partial charge in [-0.1, -0.05) is 29.8 Å². The molecular formula is C14H11ClN2O2. The number of rotatable bonds is 2. The zero-order valence-corrected chi connectivity index (χ0v) is 10.7. The number of benzene rings is 1. The Morgan fingerprint density at radius 2 is 2.21 bits per heavy atom. The molecule has 0 radical (unpaired) electrons. The maximum absolute atomic E-state index is 12.3. The third-order valence-electron chi connectivity index (χ3n) is 3.04. The molecule has 4 nitrogen and oxygen atoms in total. The lowest BCUT2D eigenvalue weighted by atomic mass is 10.0. The second-order valence-electron chi connectivity index (χ2n) is 4.25. The molecule has 19 heavy (non-hydrogen) atoms. The Labute approximate surface area is 115 Å². The van der Waals surface area contributed by atoms with Crippen molar-refractivity contribution in [1.82, 2.24) is 4.98 Å². The van der Waals surface area contributed by atoms with Gasteiger partial charge in [0.1, 0.15) is 18.3 Å². The quantitative estimate of drug-likeness (QED) is 0.916. The molecule has 2 aromatic rings. The van der Waals surface area contributed by atoms with E-state index in [1.165, 1.54) is 6.20 Å². The van der Waals surface area contributed by atoms with Gasteiger partial charge in [-0.05, 0) is 12.1 Å². The minimum Gasteiger partial charge on any atom is -0.492 e. The third-order valence-corrected chi connectivity index (χ3v) is 3.37. The molecule has 1 aromatic heterocycles. The summed E-state index contributed by atoms with van der Waals surface area (Å²) in [6, 6.07) is 9.18. The van der Waals surface area contributed by atoms with E-state index >= 15 is 0 Å². The van der Waals surface area contributed by atoms with Gasteiger partial charge in [-0.15, -0.1) is 0 Å². The van der Waals surface area contributed by atoms with Gasteiger partial charge in [0.2, 0.25) is 5.91 Å². The van der Waals surface area contributed by atoms with Crippen LogP contribution in [0.25, 0.3) is 0 Å². The number of nitrogens with zero attached hydrogens (tertiary/aromatic N) is 1. The molecule has 0 saturated carbocycles. The Morgan fingerprint density at radius 3 is 3.05 bits per heavy atom. The SMILES string of the molecule is O=C(Nc1cnccc1Cl)C1COc2ccccc21. The van der Waals surface area contributed by atoms with E-state index in [4.69, 9.17) is 16.3 Å². The van der Waals surface area contributed by atoms with E-state index in [-0.39, 0.29) is 11.8 Å². The second kappa shape index (κ2) is 4.90. The first kappa shape index (κ1) is 12.0. The van der Waals surface area contributed by atoms with E-state index in [0.717, 1.165) is 11.3 Å². The fourth-order valence-corrected chi connectivity index (χ4v) is 2.22. The number of ether oxygens (including phenoxy) is 1. The third kappa shape index (κ3) is 2.27. The van der Waals surface area contributed by atoms with Crippen LogP contribution in [0, 0.1) is 0 Å². The predicted molar refractivity (Wildman–Crippen MR) is 72.6 cm³/mol. The number of nitrogens with one attached hydrogen (secondary N) is 1. The highest BCUT2D eigenvalue weighted by atomic mass is 35.5. The van der Waals surface area contributed by atoms with Crippen LogP contribution in [0.1, 0.15) is 11.5 Å². The van der Waals surface area contributed by atoms with Crippen molar-refractivity contribution in [3.05, 3.63) is 53.3 Å². The molecule has 2 heterocycles. The van der Waals surface area contributed by atoms with Crippen molar-refractivity contribution in [1.29, 1.82) is 0 Å². The molecule has 0 aliphatic carbocycles. The first-order chi connectivity index (χ1) is 9.25. The summed E-state index contributed by atoms with van der Waals surface area (Å²) >= 11 is 5.99. The first-order valence-corrected chi connectivity index (χ1v) is 6.25. The fraction of sp³-hybridized carbons (Fsp3) is 0.143. The number of anilines is 1. The van der Waals surface area contributed by atoms with E-state index in [0.29, 0.717) is 17.3 Å². The Hall–Kier alpha value is -2.07. The molecule has 1 N–H and O–H groups in total. The number of carbonyl (C=O) groups is 1. The number of fused-ring (bicyclic) bond motifs is 1. The van der Waals surface area contributed by atoms with Gasteiger partial charge in [-0.3, -0.25) is 9.78 Å². The van der Waals surface area contributed by atoms with Crippen LogP contribution in [-0.4, -0.2) is 17.5 Å². The highest BCUT2D eigenvalue weighted by Crippen LogP contribution is 2.34. The van der Waals surface area contributed by atoms with Crippen molar-refractivity contribution >= 4 is 23.2 Å². The van der Waals surface area contributed by atoms with Crippen molar-refractivity contribution < 1.29 is 9.53 Å². The standard InChI is InChI=1S/C14H11ClN2O2/c15-11-5-6-16-7-12(11)17-14(18)10-8-19-13-4-2-1-3-9(10)13/h1-7,10H,8H2,(H,17,18). The lowest BCUT2D eigenvalue weighted by Crippen LogP contribution is -2.22. The molecule has 0 bridgehead atoms. The number of halogens is 1. The Kier molecular flexibility index (Phi) is 3.09. The molecule has 1 unspecified atom stereocenters. The molecule has 1 aliphatic heterocycles. The lowest BCUT2D eigenvalue weighted by Gasteiger charge is -2.10. The van der Waals surface area contributed by atoms with Crippen LogP contribution in [0.3, 0.4) is 0 Å². The lowest BCUT2D eigenvalue weighted by molar-refractivity contribution is -0.117. The summed E-state index contributed by atoms with van der Waals surface area (Å²) in [6.45, 7) is 0.350. The minimum atomic E-state index is -0.313. The number of hydrogen-bond donors (Lipinski definition) is 1. The largest absolute Gasteiger partial charge is 0.492 e. The average Bonchev–Trinajstić information content (AvgIpc) is 2.85. The summed E-state index contributed by atoms with van der Waals surface area (Å²) in [5, 5.41) is 3.25. The zero-order chi connectivity index (χ0) is 13.2. The fourth-order valence-electron chi connectivity index (χ4n) is 2.07. The van der Waals surface area contributed by atoms with Gasteiger partial charge in [0, 0.05) is 11.8 Å². The van der Waals surface area contributed by atoms with E-state index < -0.39 is 0 Å². The summed E-state index contributed by atoms with van der Waals surface area (Å²) in [7, 11) is 0. The van der Waals surface area contributed by atoms with Crippen LogP contribution in [0.2, 0.25) is 5.02 Å². The van der Waals surface area contributed by atoms with E-state index in [1.54, 1.807) is 12.3 Å². The minimum absolute atomic E-state index is 0.139. The van der Waals surface area contributed by atoms with Crippen molar-refractivity contribution in [2.45, 2.75) is 5.92 Å². The summed E-state index contributed by atoms with van der Waals surface area (Å²) in [6.07, 6.45) is 3.11. The maximum Gasteiger partial charge on any atom is 0.235 e. The molecule has 0 spiro atoms. The van der Waals surface area contributed by atoms with Crippen LogP contribution in [-0.2, 0) is 4.79 Å². The topological polar surface area (TPSA) is 51.2 Å². The second-order valence-corrected chi connectivity index (χ2v) is 4.65. The highest BCUT2D eigenvalue weighted by Gasteiger charge is 2.30. The number of carbonyl (C=O) groups excluding carboxylic acids is 1. The number of hydrogen-bond acceptors (Lipinski definition) is 3. The molecular weight excluding hydrogens is 264 g/mol. The molecule has 1 aliphatic rings. The van der Waals surface area contributed by atoms with E-state index in [1.807, 2.05) is 24.3 Å². The predicted octanol–water partition coefficient (Wildman–Crippen LogP) is 2.85. The van der Waals surface area contributed by atoms with Crippen LogP contribution in [0.15, 0.2) is 42.7 Å². The Morgan fingerprint density at radius 1 is 1.37 bits per heavy atom. The average molecular weight is 275 g/mol. The molecule has 1 aromatic carbocycles. The van der Waals surface area contributed by atoms with Crippen molar-refractivity contribution in [3.63, 3.8) is 0 Å². The van der Waals surface area contributed by atoms with Crippen LogP contribution < -0.4 is 10.1 Å². The molecule has 3 rings (SSSR count). The smallest absolute Gasteiger partial charge is 0.235 e. The Balaban J connectivity index is 1.81. The molecule has 0 saturated heterocycles. The number of para-hydroxylation sites is 1. The highest BCUT2D eigenvalue weighted by molar-refractivity contribution is 6.33. The number of amides is 1. The normalized spacial score (nSPS) is 16.6. The molecule has 0 fully saturated rings. The van der Waals surface area contributed by atoms with Crippen LogP contribution in [0.4, 0.5) is 5.69 Å². The van der Waals surface area contributed by atoms with Gasteiger partial charge in [0.05, 0.1) is 16.9 Å². The monoisotopic (exact) mass is 274 g/mol. The molecule has 1 amide bonds. The van der Waals surface area contributed by atoms with Crippen molar-refractivity contribution in [2.24, 2.45) is 0 Å². The van der Waals surface area contributed by atoms with Gasteiger partial charge in [-0.2, -0.15) is 0 Å². The van der Waals surface area contributed by atoms with Gasteiger partial charge >= 0.3 is 0 Å². The first-order valence-electron chi connectivity index (χ1n) is 5.88. The van der Waals surface area contributed by atoms with Crippen molar-refractivity contribution in [3.8, 4) is 5.75 Å². The van der Waals surface area contributed by atoms with Gasteiger partial charge < -0.3 is 10.1 Å². The summed E-state index contributed by atoms with van der Waals surface area (Å²) in [5.74, 6) is 0.312. The molecule has 5 heteroatoms. The van der Waals surface area contributed by atoms with E-state index in [9.17, 15) is 4.79 Å². The summed E-state index contributed by atoms with van der Waals surface area (Å²) in [5.41, 5.74) is 1.42. The summed E-state index contributed by atoms with van der Waals surface area (Å²) in [4.78, 5) is 16.2. The maximum atomic E-state index is 12.3. The zero-order valence-electron chi connectivity index (χ0n) is 9.97. The Bertz CT molecular complexity index is 630. The van der Waals surface area contributed by atoms with E-state index in [2.05, 4.69) is 10.3 Å². The van der Waals surface area contributed by atoms with Gasteiger partial charge in [0.15, 0.2) is 0 Å². The molecule has 96 valence electrons. The van der Waals surface area contributed by atoms with Gasteiger partial charge in [0.25, 0.3) is 0 Å². The molecule has 1 atom stereocenters. The number of pyridine rings is 1. The van der Waals surface area contributed by atoms with Gasteiger partial charge in [-0.25, -0.2) is 0 Å². The summed E-state index contributed by atoms with van der Waals surface area (Å²) < 4.78 is 5.49.